The zero-order valence-corrected chi connectivity index (χ0v) is 11.7. The van der Waals surface area contributed by atoms with Gasteiger partial charge in [-0.05, 0) is 33.9 Å². The van der Waals surface area contributed by atoms with Gasteiger partial charge in [0, 0.05) is 25.2 Å². The van der Waals surface area contributed by atoms with Crippen LogP contribution in [0.4, 0.5) is 0 Å². The van der Waals surface area contributed by atoms with E-state index in [1.54, 1.807) is 0 Å². The molecule has 104 valence electrons. The standard InChI is InChI=1S/C13H25N3O2/c1-13(9-18-8-11(13)14)12(17)16-6-4-10(5-7-16)15(2)3/h10-11H,4-9,14H2,1-3H3. The Morgan fingerprint density at radius 1 is 1.39 bits per heavy atom. The van der Waals surface area contributed by atoms with E-state index >= 15 is 0 Å². The van der Waals surface area contributed by atoms with Crippen LogP contribution in [0, 0.1) is 5.41 Å². The summed E-state index contributed by atoms with van der Waals surface area (Å²) in [5.74, 6) is 0.171. The molecule has 0 radical (unpaired) electrons. The molecule has 2 unspecified atom stereocenters. The average Bonchev–Trinajstić information content (AvgIpc) is 2.70. The van der Waals surface area contributed by atoms with Gasteiger partial charge in [0.1, 0.15) is 0 Å². The van der Waals surface area contributed by atoms with Gasteiger partial charge < -0.3 is 20.3 Å². The lowest BCUT2D eigenvalue weighted by Gasteiger charge is -2.39. The number of nitrogens with two attached hydrogens (primary N) is 1. The van der Waals surface area contributed by atoms with Gasteiger partial charge in [0.25, 0.3) is 0 Å². The Morgan fingerprint density at radius 3 is 2.44 bits per heavy atom. The van der Waals surface area contributed by atoms with E-state index in [2.05, 4.69) is 19.0 Å². The summed E-state index contributed by atoms with van der Waals surface area (Å²) < 4.78 is 5.36. The first-order valence-corrected chi connectivity index (χ1v) is 6.74. The van der Waals surface area contributed by atoms with Crippen molar-refractivity contribution in [2.75, 3.05) is 40.4 Å². The van der Waals surface area contributed by atoms with Crippen LogP contribution in [0.1, 0.15) is 19.8 Å². The van der Waals surface area contributed by atoms with E-state index in [9.17, 15) is 4.79 Å². The molecule has 2 heterocycles. The third-order valence-corrected chi connectivity index (χ3v) is 4.49. The summed E-state index contributed by atoms with van der Waals surface area (Å²) >= 11 is 0. The van der Waals surface area contributed by atoms with Gasteiger partial charge in [-0.1, -0.05) is 0 Å². The number of carbonyl (C=O) groups excluding carboxylic acids is 1. The highest BCUT2D eigenvalue weighted by atomic mass is 16.5. The summed E-state index contributed by atoms with van der Waals surface area (Å²) in [5.41, 5.74) is 5.49. The minimum absolute atomic E-state index is 0.170. The fourth-order valence-corrected chi connectivity index (χ4v) is 2.86. The van der Waals surface area contributed by atoms with E-state index in [4.69, 9.17) is 10.5 Å². The molecule has 2 rings (SSSR count). The van der Waals surface area contributed by atoms with E-state index in [1.165, 1.54) is 0 Å². The molecule has 0 bridgehead atoms. The Bertz CT molecular complexity index is 313. The SMILES string of the molecule is CN(C)C1CCN(C(=O)C2(C)COCC2N)CC1. The Hall–Kier alpha value is -0.650. The molecule has 2 fully saturated rings. The van der Waals surface area contributed by atoms with Crippen molar-refractivity contribution in [3.8, 4) is 0 Å². The van der Waals surface area contributed by atoms with E-state index in [1.807, 2.05) is 11.8 Å². The highest BCUT2D eigenvalue weighted by molar-refractivity contribution is 5.83. The van der Waals surface area contributed by atoms with Gasteiger partial charge in [-0.3, -0.25) is 4.79 Å². The molecule has 2 atom stereocenters. The van der Waals surface area contributed by atoms with Crippen LogP contribution >= 0.6 is 0 Å². The van der Waals surface area contributed by atoms with Gasteiger partial charge in [-0.25, -0.2) is 0 Å². The molecule has 2 N–H and O–H groups in total. The quantitative estimate of drug-likeness (QED) is 0.749. The molecular formula is C13H25N3O2. The lowest BCUT2D eigenvalue weighted by Crippen LogP contribution is -2.54. The van der Waals surface area contributed by atoms with Gasteiger partial charge >= 0.3 is 0 Å². The Labute approximate surface area is 109 Å². The zero-order valence-electron chi connectivity index (χ0n) is 11.7. The molecule has 5 heteroatoms. The summed E-state index contributed by atoms with van der Waals surface area (Å²) in [7, 11) is 4.20. The van der Waals surface area contributed by atoms with Gasteiger partial charge in [0.05, 0.1) is 18.6 Å². The van der Waals surface area contributed by atoms with Crippen molar-refractivity contribution in [1.82, 2.24) is 9.80 Å². The third-order valence-electron chi connectivity index (χ3n) is 4.49. The van der Waals surface area contributed by atoms with Gasteiger partial charge in [0.2, 0.25) is 5.91 Å². The second-order valence-electron chi connectivity index (χ2n) is 6.03. The summed E-state index contributed by atoms with van der Waals surface area (Å²) in [6, 6.07) is 0.423. The fraction of sp³-hybridized carbons (Fsp3) is 0.923. The first kappa shape index (κ1) is 13.8. The molecule has 0 spiro atoms. The maximum atomic E-state index is 12.6. The lowest BCUT2D eigenvalue weighted by atomic mass is 9.83. The normalized spacial score (nSPS) is 34.3. The monoisotopic (exact) mass is 255 g/mol. The molecule has 2 aliphatic rings. The summed E-state index contributed by atoms with van der Waals surface area (Å²) in [6.07, 6.45) is 2.09. The van der Waals surface area contributed by atoms with Crippen molar-refractivity contribution >= 4 is 5.91 Å². The Kier molecular flexibility index (Phi) is 3.94. The number of ether oxygens (including phenoxy) is 1. The first-order chi connectivity index (χ1) is 8.45. The van der Waals surface area contributed by atoms with Gasteiger partial charge in [0.15, 0.2) is 0 Å². The predicted molar refractivity (Wildman–Crippen MR) is 70.2 cm³/mol. The highest BCUT2D eigenvalue weighted by Crippen LogP contribution is 2.30. The molecular weight excluding hydrogens is 230 g/mol. The van der Waals surface area contributed by atoms with Crippen molar-refractivity contribution in [3.05, 3.63) is 0 Å². The van der Waals surface area contributed by atoms with Crippen molar-refractivity contribution in [3.63, 3.8) is 0 Å². The molecule has 1 amide bonds. The second kappa shape index (κ2) is 5.15. The van der Waals surface area contributed by atoms with Crippen LogP contribution in [0.5, 0.6) is 0 Å². The number of rotatable bonds is 2. The molecule has 0 aromatic rings. The smallest absolute Gasteiger partial charge is 0.232 e. The van der Waals surface area contributed by atoms with Crippen molar-refractivity contribution in [2.45, 2.75) is 31.8 Å². The summed E-state index contributed by atoms with van der Waals surface area (Å²) in [5, 5.41) is 0. The van der Waals surface area contributed by atoms with Crippen LogP contribution in [0.3, 0.4) is 0 Å². The second-order valence-corrected chi connectivity index (χ2v) is 6.03. The lowest BCUT2D eigenvalue weighted by molar-refractivity contribution is -0.143. The minimum atomic E-state index is -0.523. The molecule has 0 saturated carbocycles. The highest BCUT2D eigenvalue weighted by Gasteiger charge is 2.46. The number of likely N-dealkylation sites (tertiary alicyclic amines) is 1. The van der Waals surface area contributed by atoms with Crippen LogP contribution in [-0.4, -0.2) is 68.2 Å². The maximum absolute atomic E-state index is 12.6. The maximum Gasteiger partial charge on any atom is 0.232 e. The van der Waals surface area contributed by atoms with Crippen LogP contribution in [0.2, 0.25) is 0 Å². The molecule has 2 aliphatic heterocycles. The molecule has 0 aromatic carbocycles. The number of hydrogen-bond acceptors (Lipinski definition) is 4. The van der Waals surface area contributed by atoms with E-state index in [0.717, 1.165) is 25.9 Å². The fourth-order valence-electron chi connectivity index (χ4n) is 2.86. The average molecular weight is 255 g/mol. The van der Waals surface area contributed by atoms with Crippen molar-refractivity contribution in [2.24, 2.45) is 11.1 Å². The van der Waals surface area contributed by atoms with Crippen LogP contribution in [-0.2, 0) is 9.53 Å². The van der Waals surface area contributed by atoms with Crippen LogP contribution in [0.15, 0.2) is 0 Å². The van der Waals surface area contributed by atoms with Crippen LogP contribution in [0.25, 0.3) is 0 Å². The topological polar surface area (TPSA) is 58.8 Å². The number of piperidine rings is 1. The summed E-state index contributed by atoms with van der Waals surface area (Å²) in [4.78, 5) is 16.8. The summed E-state index contributed by atoms with van der Waals surface area (Å²) in [6.45, 7) is 4.57. The van der Waals surface area contributed by atoms with Crippen molar-refractivity contribution < 1.29 is 9.53 Å². The third kappa shape index (κ3) is 2.39. The molecule has 0 aliphatic carbocycles. The predicted octanol–water partition coefficient (Wildman–Crippen LogP) is -0.0972. The molecule has 0 aromatic heterocycles. The Morgan fingerprint density at radius 2 is 2.00 bits per heavy atom. The Balaban J connectivity index is 1.95. The van der Waals surface area contributed by atoms with Crippen LogP contribution < -0.4 is 5.73 Å². The van der Waals surface area contributed by atoms with Crippen molar-refractivity contribution in [1.29, 1.82) is 0 Å². The van der Waals surface area contributed by atoms with E-state index < -0.39 is 5.41 Å². The number of carbonyl (C=O) groups is 1. The number of amides is 1. The molecule has 2 saturated heterocycles. The number of nitrogens with zero attached hydrogens (tertiary/aromatic N) is 2. The molecule has 5 nitrogen and oxygen atoms in total. The zero-order chi connectivity index (χ0) is 13.3. The minimum Gasteiger partial charge on any atom is -0.379 e. The van der Waals surface area contributed by atoms with Gasteiger partial charge in [-0.2, -0.15) is 0 Å². The molecule has 18 heavy (non-hydrogen) atoms. The van der Waals surface area contributed by atoms with E-state index in [0.29, 0.717) is 19.3 Å². The van der Waals surface area contributed by atoms with E-state index in [-0.39, 0.29) is 11.9 Å². The number of hydrogen-bond donors (Lipinski definition) is 1. The van der Waals surface area contributed by atoms with Gasteiger partial charge in [-0.15, -0.1) is 0 Å². The first-order valence-electron chi connectivity index (χ1n) is 6.74. The largest absolute Gasteiger partial charge is 0.379 e.